The molecule has 0 aliphatic carbocycles. The van der Waals surface area contributed by atoms with Crippen LogP contribution in [0, 0.1) is 5.82 Å². The highest BCUT2D eigenvalue weighted by Gasteiger charge is 2.18. The number of rotatable bonds is 7. The van der Waals surface area contributed by atoms with Gasteiger partial charge in [0.15, 0.2) is 0 Å². The number of carbonyl (C=O) groups excluding carboxylic acids is 1. The molecule has 10 heteroatoms. The van der Waals surface area contributed by atoms with Gasteiger partial charge in [-0.2, -0.15) is 0 Å². The smallest absolute Gasteiger partial charge is 0.242 e. The van der Waals surface area contributed by atoms with E-state index in [1.807, 2.05) is 0 Å². The molecule has 3 rings (SSSR count). The summed E-state index contributed by atoms with van der Waals surface area (Å²) < 4.78 is 40.3. The van der Waals surface area contributed by atoms with Gasteiger partial charge in [-0.15, -0.1) is 5.10 Å². The van der Waals surface area contributed by atoms with Crippen molar-refractivity contribution in [2.45, 2.75) is 24.3 Å². The van der Waals surface area contributed by atoms with Crippen molar-refractivity contribution in [3.63, 3.8) is 0 Å². The molecule has 0 aliphatic heterocycles. The lowest BCUT2D eigenvalue weighted by molar-refractivity contribution is -0.116. The van der Waals surface area contributed by atoms with Crippen LogP contribution in [0.25, 0.3) is 11.0 Å². The molecule has 28 heavy (non-hydrogen) atoms. The SMILES string of the molecule is CN(C)S(=O)(=O)c1ccc2c(c1)nnn2CCCC(=O)Nc1cccc(F)c1. The van der Waals surface area contributed by atoms with Crippen LogP contribution in [0.2, 0.25) is 0 Å². The number of aromatic nitrogens is 3. The second kappa shape index (κ2) is 8.03. The first-order valence-electron chi connectivity index (χ1n) is 8.58. The summed E-state index contributed by atoms with van der Waals surface area (Å²) in [7, 11) is -0.616. The van der Waals surface area contributed by atoms with Crippen molar-refractivity contribution < 1.29 is 17.6 Å². The molecule has 148 valence electrons. The van der Waals surface area contributed by atoms with Crippen LogP contribution < -0.4 is 5.32 Å². The summed E-state index contributed by atoms with van der Waals surface area (Å²) in [6, 6.07) is 10.3. The number of amides is 1. The quantitative estimate of drug-likeness (QED) is 0.650. The Morgan fingerprint density at radius 2 is 2.00 bits per heavy atom. The van der Waals surface area contributed by atoms with E-state index in [-0.39, 0.29) is 17.2 Å². The normalized spacial score (nSPS) is 11.9. The van der Waals surface area contributed by atoms with Gasteiger partial charge in [0.25, 0.3) is 0 Å². The van der Waals surface area contributed by atoms with Gasteiger partial charge in [0.1, 0.15) is 11.3 Å². The molecule has 1 N–H and O–H groups in total. The van der Waals surface area contributed by atoms with Crippen LogP contribution in [-0.2, 0) is 21.4 Å². The van der Waals surface area contributed by atoms with Crippen LogP contribution in [0.15, 0.2) is 47.4 Å². The Balaban J connectivity index is 1.63. The summed E-state index contributed by atoms with van der Waals surface area (Å²) in [5.41, 5.74) is 1.56. The van der Waals surface area contributed by atoms with Crippen LogP contribution in [0.3, 0.4) is 0 Å². The van der Waals surface area contributed by atoms with E-state index in [0.29, 0.717) is 29.7 Å². The number of benzene rings is 2. The minimum Gasteiger partial charge on any atom is -0.326 e. The monoisotopic (exact) mass is 405 g/mol. The highest BCUT2D eigenvalue weighted by Crippen LogP contribution is 2.19. The Morgan fingerprint density at radius 3 is 2.71 bits per heavy atom. The molecule has 0 atom stereocenters. The fraction of sp³-hybridized carbons (Fsp3) is 0.278. The van der Waals surface area contributed by atoms with Gasteiger partial charge in [-0.05, 0) is 42.8 Å². The number of hydrogen-bond acceptors (Lipinski definition) is 5. The summed E-state index contributed by atoms with van der Waals surface area (Å²) in [6.45, 7) is 0.437. The lowest BCUT2D eigenvalue weighted by Gasteiger charge is -2.11. The van der Waals surface area contributed by atoms with E-state index in [0.717, 1.165) is 4.31 Å². The maximum Gasteiger partial charge on any atom is 0.242 e. The highest BCUT2D eigenvalue weighted by atomic mass is 32.2. The Bertz CT molecular complexity index is 1110. The van der Waals surface area contributed by atoms with Crippen molar-refractivity contribution >= 4 is 32.7 Å². The first-order chi connectivity index (χ1) is 13.3. The van der Waals surface area contributed by atoms with Gasteiger partial charge in [-0.3, -0.25) is 4.79 Å². The number of carbonyl (C=O) groups is 1. The maximum atomic E-state index is 13.1. The number of hydrogen-bond donors (Lipinski definition) is 1. The van der Waals surface area contributed by atoms with E-state index in [1.54, 1.807) is 16.8 Å². The fourth-order valence-corrected chi connectivity index (χ4v) is 3.59. The van der Waals surface area contributed by atoms with Gasteiger partial charge < -0.3 is 5.32 Å². The molecule has 0 saturated carbocycles. The van der Waals surface area contributed by atoms with Crippen molar-refractivity contribution in [1.82, 2.24) is 19.3 Å². The van der Waals surface area contributed by atoms with Crippen molar-refractivity contribution in [2.24, 2.45) is 0 Å². The predicted octanol–water partition coefficient (Wildman–Crippen LogP) is 2.24. The minimum absolute atomic E-state index is 0.145. The molecule has 0 unspecified atom stereocenters. The molecule has 1 amide bonds. The molecule has 1 aromatic heterocycles. The first kappa shape index (κ1) is 19.9. The van der Waals surface area contributed by atoms with Crippen molar-refractivity contribution in [3.8, 4) is 0 Å². The number of aryl methyl sites for hydroxylation is 1. The van der Waals surface area contributed by atoms with E-state index >= 15 is 0 Å². The molecule has 0 saturated heterocycles. The molecule has 1 heterocycles. The molecular weight excluding hydrogens is 385 g/mol. The molecule has 0 aliphatic rings. The standard InChI is InChI=1S/C18H20FN5O3S/c1-23(2)28(26,27)15-8-9-17-16(12-15)21-22-24(17)10-4-7-18(25)20-14-6-3-5-13(19)11-14/h3,5-6,8-9,11-12H,4,7,10H2,1-2H3,(H,20,25). The third-order valence-corrected chi connectivity index (χ3v) is 5.96. The topological polar surface area (TPSA) is 97.2 Å². The summed E-state index contributed by atoms with van der Waals surface area (Å²) in [5, 5.41) is 10.7. The number of sulfonamides is 1. The number of anilines is 1. The minimum atomic E-state index is -3.54. The van der Waals surface area contributed by atoms with Gasteiger partial charge in [0.2, 0.25) is 15.9 Å². The Kier molecular flexibility index (Phi) is 5.71. The molecular formula is C18H20FN5O3S. The molecule has 2 aromatic carbocycles. The molecule has 0 spiro atoms. The van der Waals surface area contributed by atoms with Crippen LogP contribution in [0.5, 0.6) is 0 Å². The van der Waals surface area contributed by atoms with Crippen LogP contribution in [0.1, 0.15) is 12.8 Å². The van der Waals surface area contributed by atoms with Gasteiger partial charge >= 0.3 is 0 Å². The zero-order valence-corrected chi connectivity index (χ0v) is 16.3. The van der Waals surface area contributed by atoms with Crippen molar-refractivity contribution in [2.75, 3.05) is 19.4 Å². The van der Waals surface area contributed by atoms with Crippen molar-refractivity contribution in [3.05, 3.63) is 48.3 Å². The third-order valence-electron chi connectivity index (χ3n) is 4.15. The average Bonchev–Trinajstić information content (AvgIpc) is 3.04. The number of nitrogens with one attached hydrogen (secondary N) is 1. The Hall–Kier alpha value is -2.85. The van der Waals surface area contributed by atoms with E-state index in [9.17, 15) is 17.6 Å². The zero-order chi connectivity index (χ0) is 20.3. The van der Waals surface area contributed by atoms with Gasteiger partial charge in [-0.25, -0.2) is 21.8 Å². The molecule has 8 nitrogen and oxygen atoms in total. The highest BCUT2D eigenvalue weighted by molar-refractivity contribution is 7.89. The Labute approximate surface area is 162 Å². The van der Waals surface area contributed by atoms with Gasteiger partial charge in [0.05, 0.1) is 10.4 Å². The van der Waals surface area contributed by atoms with Crippen LogP contribution in [0.4, 0.5) is 10.1 Å². The van der Waals surface area contributed by atoms with Crippen LogP contribution >= 0.6 is 0 Å². The van der Waals surface area contributed by atoms with Gasteiger partial charge in [0, 0.05) is 32.7 Å². The lowest BCUT2D eigenvalue weighted by Crippen LogP contribution is -2.22. The summed E-state index contributed by atoms with van der Waals surface area (Å²) >= 11 is 0. The zero-order valence-electron chi connectivity index (χ0n) is 15.5. The van der Waals surface area contributed by atoms with E-state index in [1.165, 1.54) is 44.4 Å². The Morgan fingerprint density at radius 1 is 1.21 bits per heavy atom. The number of nitrogens with zero attached hydrogens (tertiary/aromatic N) is 4. The third kappa shape index (κ3) is 4.34. The maximum absolute atomic E-state index is 13.1. The summed E-state index contributed by atoms with van der Waals surface area (Å²) in [4.78, 5) is 12.1. The second-order valence-corrected chi connectivity index (χ2v) is 8.56. The fourth-order valence-electron chi connectivity index (χ4n) is 2.67. The van der Waals surface area contributed by atoms with E-state index in [4.69, 9.17) is 0 Å². The van der Waals surface area contributed by atoms with Crippen LogP contribution in [-0.4, -0.2) is 47.7 Å². The number of fused-ring (bicyclic) bond motifs is 1. The van der Waals surface area contributed by atoms with Crippen molar-refractivity contribution in [1.29, 1.82) is 0 Å². The first-order valence-corrected chi connectivity index (χ1v) is 10.0. The summed E-state index contributed by atoms with van der Waals surface area (Å²) in [6.07, 6.45) is 0.725. The van der Waals surface area contributed by atoms with E-state index in [2.05, 4.69) is 15.6 Å². The lowest BCUT2D eigenvalue weighted by atomic mass is 10.2. The molecule has 3 aromatic rings. The largest absolute Gasteiger partial charge is 0.326 e. The average molecular weight is 405 g/mol. The van der Waals surface area contributed by atoms with Gasteiger partial charge in [-0.1, -0.05) is 11.3 Å². The van der Waals surface area contributed by atoms with E-state index < -0.39 is 15.8 Å². The summed E-state index contributed by atoms with van der Waals surface area (Å²) in [5.74, 6) is -0.642. The number of halogens is 1. The molecule has 0 fully saturated rings. The molecule has 0 bridgehead atoms. The molecule has 0 radical (unpaired) electrons. The second-order valence-electron chi connectivity index (χ2n) is 6.41. The predicted molar refractivity (Wildman–Crippen MR) is 103 cm³/mol.